The number of rotatable bonds is 5. The van der Waals surface area contributed by atoms with Gasteiger partial charge in [-0.15, -0.1) is 0 Å². The molecule has 1 aromatic heterocycles. The van der Waals surface area contributed by atoms with Crippen molar-refractivity contribution in [1.29, 1.82) is 0 Å². The molecule has 1 fully saturated rings. The van der Waals surface area contributed by atoms with Crippen molar-refractivity contribution in [3.8, 4) is 0 Å². The number of nitrogens with one attached hydrogen (secondary N) is 1. The minimum atomic E-state index is 0.343. The third-order valence-corrected chi connectivity index (χ3v) is 3.53. The maximum atomic E-state index is 9.21. The number of aliphatic hydroxyl groups is 1. The zero-order valence-corrected chi connectivity index (χ0v) is 9.89. The van der Waals surface area contributed by atoms with Gasteiger partial charge < -0.3 is 10.4 Å². The highest BCUT2D eigenvalue weighted by atomic mass is 16.3. The second kappa shape index (κ2) is 5.46. The summed E-state index contributed by atoms with van der Waals surface area (Å²) < 4.78 is 1.82. The van der Waals surface area contributed by atoms with Gasteiger partial charge >= 0.3 is 0 Å². The zero-order valence-electron chi connectivity index (χ0n) is 9.89. The average molecular weight is 223 g/mol. The highest BCUT2D eigenvalue weighted by molar-refractivity contribution is 4.98. The summed E-state index contributed by atoms with van der Waals surface area (Å²) in [5.74, 6) is 1.16. The molecule has 16 heavy (non-hydrogen) atoms. The predicted molar refractivity (Wildman–Crippen MR) is 62.8 cm³/mol. The zero-order chi connectivity index (χ0) is 11.4. The Morgan fingerprint density at radius 2 is 2.31 bits per heavy atom. The summed E-state index contributed by atoms with van der Waals surface area (Å²) in [5.41, 5.74) is 1.08. The Hall–Kier alpha value is -0.870. The van der Waals surface area contributed by atoms with E-state index in [0.717, 1.165) is 18.8 Å². The second-order valence-corrected chi connectivity index (χ2v) is 4.75. The summed E-state index contributed by atoms with van der Waals surface area (Å²) in [7, 11) is 1.93. The molecule has 1 aliphatic rings. The van der Waals surface area contributed by atoms with Gasteiger partial charge in [0.05, 0.1) is 5.69 Å². The molecule has 0 aromatic carbocycles. The van der Waals surface area contributed by atoms with Gasteiger partial charge in [-0.2, -0.15) is 5.10 Å². The van der Waals surface area contributed by atoms with Crippen molar-refractivity contribution in [3.63, 3.8) is 0 Å². The second-order valence-electron chi connectivity index (χ2n) is 4.75. The minimum absolute atomic E-state index is 0.343. The molecular formula is C12H21N3O. The molecule has 0 aliphatic heterocycles. The van der Waals surface area contributed by atoms with Crippen LogP contribution in [0.3, 0.4) is 0 Å². The first kappa shape index (κ1) is 11.6. The first-order valence-electron chi connectivity index (χ1n) is 6.09. The van der Waals surface area contributed by atoms with Crippen molar-refractivity contribution >= 4 is 0 Å². The van der Waals surface area contributed by atoms with Crippen molar-refractivity contribution in [2.75, 3.05) is 13.2 Å². The van der Waals surface area contributed by atoms with Gasteiger partial charge in [0, 0.05) is 26.4 Å². The van der Waals surface area contributed by atoms with Crippen LogP contribution in [0.2, 0.25) is 0 Å². The standard InChI is InChI=1S/C12H21N3O/c1-15-6-5-12(14-15)8-13-7-10-3-2-4-11(10)9-16/h5-6,10-11,13,16H,2-4,7-9H2,1H3. The molecule has 1 aliphatic carbocycles. The predicted octanol–water partition coefficient (Wildman–Crippen LogP) is 0.918. The van der Waals surface area contributed by atoms with Gasteiger partial charge in [-0.25, -0.2) is 0 Å². The molecule has 2 N–H and O–H groups in total. The van der Waals surface area contributed by atoms with E-state index in [4.69, 9.17) is 0 Å². The van der Waals surface area contributed by atoms with Crippen LogP contribution in [0, 0.1) is 11.8 Å². The monoisotopic (exact) mass is 223 g/mol. The minimum Gasteiger partial charge on any atom is -0.396 e. The van der Waals surface area contributed by atoms with Gasteiger partial charge in [-0.1, -0.05) is 6.42 Å². The van der Waals surface area contributed by atoms with Gasteiger partial charge in [-0.05, 0) is 37.3 Å². The summed E-state index contributed by atoms with van der Waals surface area (Å²) in [5, 5.41) is 17.0. The number of aromatic nitrogens is 2. The number of hydrogen-bond donors (Lipinski definition) is 2. The SMILES string of the molecule is Cn1ccc(CNCC2CCCC2CO)n1. The number of aliphatic hydroxyl groups excluding tert-OH is 1. The Bertz CT molecular complexity index is 324. The van der Waals surface area contributed by atoms with Crippen LogP contribution in [-0.2, 0) is 13.6 Å². The van der Waals surface area contributed by atoms with Crippen LogP contribution < -0.4 is 5.32 Å². The molecular weight excluding hydrogens is 202 g/mol. The van der Waals surface area contributed by atoms with E-state index in [1.165, 1.54) is 19.3 Å². The molecule has 0 bridgehead atoms. The van der Waals surface area contributed by atoms with Gasteiger partial charge in [0.2, 0.25) is 0 Å². The third kappa shape index (κ3) is 2.83. The lowest BCUT2D eigenvalue weighted by atomic mass is 9.97. The van der Waals surface area contributed by atoms with E-state index in [-0.39, 0.29) is 0 Å². The molecule has 2 unspecified atom stereocenters. The van der Waals surface area contributed by atoms with Gasteiger partial charge in [0.15, 0.2) is 0 Å². The van der Waals surface area contributed by atoms with E-state index >= 15 is 0 Å². The van der Waals surface area contributed by atoms with Crippen LogP contribution in [0.25, 0.3) is 0 Å². The third-order valence-electron chi connectivity index (χ3n) is 3.53. The molecule has 0 amide bonds. The van der Waals surface area contributed by atoms with Crippen molar-refractivity contribution in [1.82, 2.24) is 15.1 Å². The largest absolute Gasteiger partial charge is 0.396 e. The molecule has 0 saturated heterocycles. The topological polar surface area (TPSA) is 50.1 Å². The Kier molecular flexibility index (Phi) is 3.96. The smallest absolute Gasteiger partial charge is 0.0762 e. The summed E-state index contributed by atoms with van der Waals surface area (Å²) in [4.78, 5) is 0. The Morgan fingerprint density at radius 1 is 1.50 bits per heavy atom. The van der Waals surface area contributed by atoms with E-state index < -0.39 is 0 Å². The summed E-state index contributed by atoms with van der Waals surface area (Å²) in [6, 6.07) is 2.03. The fourth-order valence-electron chi connectivity index (χ4n) is 2.57. The Labute approximate surface area is 96.7 Å². The lowest BCUT2D eigenvalue weighted by Gasteiger charge is -2.17. The first-order valence-corrected chi connectivity index (χ1v) is 6.09. The van der Waals surface area contributed by atoms with Crippen LogP contribution in [-0.4, -0.2) is 28.0 Å². The maximum absolute atomic E-state index is 9.21. The molecule has 2 rings (SSSR count). The molecule has 4 heteroatoms. The maximum Gasteiger partial charge on any atom is 0.0762 e. The lowest BCUT2D eigenvalue weighted by Crippen LogP contribution is -2.26. The van der Waals surface area contributed by atoms with Crippen LogP contribution >= 0.6 is 0 Å². The molecule has 1 saturated carbocycles. The van der Waals surface area contributed by atoms with Crippen molar-refractivity contribution in [3.05, 3.63) is 18.0 Å². The van der Waals surface area contributed by atoms with Crippen LogP contribution in [0.1, 0.15) is 25.0 Å². The fraction of sp³-hybridized carbons (Fsp3) is 0.750. The van der Waals surface area contributed by atoms with E-state index in [1.807, 2.05) is 24.0 Å². The number of hydrogen-bond acceptors (Lipinski definition) is 3. The van der Waals surface area contributed by atoms with Crippen molar-refractivity contribution in [2.24, 2.45) is 18.9 Å². The van der Waals surface area contributed by atoms with Crippen LogP contribution in [0.5, 0.6) is 0 Å². The molecule has 90 valence electrons. The molecule has 4 nitrogen and oxygen atoms in total. The van der Waals surface area contributed by atoms with Gasteiger partial charge in [0.1, 0.15) is 0 Å². The fourth-order valence-corrected chi connectivity index (χ4v) is 2.57. The number of nitrogens with zero attached hydrogens (tertiary/aromatic N) is 2. The molecule has 1 aromatic rings. The van der Waals surface area contributed by atoms with Crippen molar-refractivity contribution in [2.45, 2.75) is 25.8 Å². The lowest BCUT2D eigenvalue weighted by molar-refractivity contribution is 0.192. The summed E-state index contributed by atoms with van der Waals surface area (Å²) in [6.07, 6.45) is 5.66. The highest BCUT2D eigenvalue weighted by Crippen LogP contribution is 2.30. The average Bonchev–Trinajstić information content (AvgIpc) is 2.87. The summed E-state index contributed by atoms with van der Waals surface area (Å²) in [6.45, 7) is 2.17. The quantitative estimate of drug-likeness (QED) is 0.780. The summed E-state index contributed by atoms with van der Waals surface area (Å²) >= 11 is 0. The van der Waals surface area contributed by atoms with Crippen molar-refractivity contribution < 1.29 is 5.11 Å². The molecule has 2 atom stereocenters. The van der Waals surface area contributed by atoms with Crippen LogP contribution in [0.4, 0.5) is 0 Å². The van der Waals surface area contributed by atoms with E-state index in [9.17, 15) is 5.11 Å². The Balaban J connectivity index is 1.71. The first-order chi connectivity index (χ1) is 7.79. The van der Waals surface area contributed by atoms with Gasteiger partial charge in [0.25, 0.3) is 0 Å². The van der Waals surface area contributed by atoms with E-state index in [0.29, 0.717) is 18.4 Å². The van der Waals surface area contributed by atoms with E-state index in [2.05, 4.69) is 10.4 Å². The van der Waals surface area contributed by atoms with Gasteiger partial charge in [-0.3, -0.25) is 4.68 Å². The number of aryl methyl sites for hydroxylation is 1. The molecule has 0 radical (unpaired) electrons. The highest BCUT2D eigenvalue weighted by Gasteiger charge is 2.25. The van der Waals surface area contributed by atoms with Crippen LogP contribution in [0.15, 0.2) is 12.3 Å². The molecule has 0 spiro atoms. The molecule has 1 heterocycles. The Morgan fingerprint density at radius 3 is 3.00 bits per heavy atom. The van der Waals surface area contributed by atoms with E-state index in [1.54, 1.807) is 0 Å². The normalized spacial score (nSPS) is 25.1.